The van der Waals surface area contributed by atoms with Gasteiger partial charge in [0.05, 0.1) is 11.9 Å². The molecule has 0 unspecified atom stereocenters. The van der Waals surface area contributed by atoms with Crippen LogP contribution in [0, 0.1) is 0 Å². The summed E-state index contributed by atoms with van der Waals surface area (Å²) in [5, 5.41) is 4.29. The number of oxazole rings is 1. The zero-order chi connectivity index (χ0) is 14.1. The van der Waals surface area contributed by atoms with Crippen LogP contribution >= 0.6 is 0 Å². The summed E-state index contributed by atoms with van der Waals surface area (Å²) >= 11 is 0. The standard InChI is InChI=1S/C17H13N3O/c1-2-7-13(8-3-1)19-17-18-11-16(21-17)15-10-12-6-4-5-9-14(12)20-15/h1-11,20H,(H,18,19). The smallest absolute Gasteiger partial charge is 0.299 e. The van der Waals surface area contributed by atoms with Gasteiger partial charge >= 0.3 is 0 Å². The molecule has 21 heavy (non-hydrogen) atoms. The van der Waals surface area contributed by atoms with E-state index in [-0.39, 0.29) is 0 Å². The van der Waals surface area contributed by atoms with Gasteiger partial charge in [0.1, 0.15) is 0 Å². The average Bonchev–Trinajstić information content (AvgIpc) is 3.14. The third kappa shape index (κ3) is 2.27. The Kier molecular flexibility index (Phi) is 2.71. The summed E-state index contributed by atoms with van der Waals surface area (Å²) in [6.07, 6.45) is 1.72. The fourth-order valence-electron chi connectivity index (χ4n) is 2.31. The third-order valence-corrected chi connectivity index (χ3v) is 3.33. The van der Waals surface area contributed by atoms with Crippen LogP contribution in [0.4, 0.5) is 11.7 Å². The molecule has 2 aromatic carbocycles. The van der Waals surface area contributed by atoms with E-state index in [0.717, 1.165) is 22.3 Å². The van der Waals surface area contributed by atoms with E-state index in [1.807, 2.05) is 48.5 Å². The van der Waals surface area contributed by atoms with E-state index in [2.05, 4.69) is 27.4 Å². The topological polar surface area (TPSA) is 53.9 Å². The Morgan fingerprint density at radius 1 is 0.952 bits per heavy atom. The van der Waals surface area contributed by atoms with E-state index in [1.54, 1.807) is 6.20 Å². The predicted molar refractivity (Wildman–Crippen MR) is 83.5 cm³/mol. The Morgan fingerprint density at radius 2 is 1.76 bits per heavy atom. The number of rotatable bonds is 3. The van der Waals surface area contributed by atoms with Crippen molar-refractivity contribution in [1.29, 1.82) is 0 Å². The first-order chi connectivity index (χ1) is 10.4. The van der Waals surface area contributed by atoms with E-state index < -0.39 is 0 Å². The van der Waals surface area contributed by atoms with E-state index >= 15 is 0 Å². The Bertz CT molecular complexity index is 844. The van der Waals surface area contributed by atoms with E-state index in [0.29, 0.717) is 11.8 Å². The fourth-order valence-corrected chi connectivity index (χ4v) is 2.31. The van der Waals surface area contributed by atoms with Crippen LogP contribution in [0.1, 0.15) is 0 Å². The van der Waals surface area contributed by atoms with Crippen LogP contribution in [0.15, 0.2) is 71.3 Å². The normalized spacial score (nSPS) is 10.9. The van der Waals surface area contributed by atoms with Crippen LogP contribution in [0.2, 0.25) is 0 Å². The molecular weight excluding hydrogens is 262 g/mol. The quantitative estimate of drug-likeness (QED) is 0.576. The van der Waals surface area contributed by atoms with Crippen molar-refractivity contribution in [2.75, 3.05) is 5.32 Å². The van der Waals surface area contributed by atoms with Gasteiger partial charge in [0.2, 0.25) is 0 Å². The molecular formula is C17H13N3O. The van der Waals surface area contributed by atoms with Crippen LogP contribution in [0.25, 0.3) is 22.4 Å². The largest absolute Gasteiger partial charge is 0.422 e. The van der Waals surface area contributed by atoms with Crippen molar-refractivity contribution >= 4 is 22.6 Å². The highest BCUT2D eigenvalue weighted by atomic mass is 16.4. The molecule has 2 aromatic heterocycles. The van der Waals surface area contributed by atoms with E-state index in [1.165, 1.54) is 0 Å². The highest BCUT2D eigenvalue weighted by Crippen LogP contribution is 2.26. The zero-order valence-electron chi connectivity index (χ0n) is 11.2. The van der Waals surface area contributed by atoms with Gasteiger partial charge in [0.15, 0.2) is 5.76 Å². The molecule has 0 atom stereocenters. The first kappa shape index (κ1) is 11.8. The van der Waals surface area contributed by atoms with E-state index in [4.69, 9.17) is 4.42 Å². The van der Waals surface area contributed by atoms with Gasteiger partial charge in [-0.25, -0.2) is 4.98 Å². The van der Waals surface area contributed by atoms with Gasteiger partial charge in [0.25, 0.3) is 6.01 Å². The average molecular weight is 275 g/mol. The number of anilines is 2. The molecule has 0 aliphatic carbocycles. The first-order valence-electron chi connectivity index (χ1n) is 6.74. The van der Waals surface area contributed by atoms with Crippen molar-refractivity contribution in [3.8, 4) is 11.5 Å². The summed E-state index contributed by atoms with van der Waals surface area (Å²) in [5.41, 5.74) is 2.95. The molecule has 0 bridgehead atoms. The van der Waals surface area contributed by atoms with Crippen LogP contribution in [0.5, 0.6) is 0 Å². The van der Waals surface area contributed by atoms with Crippen molar-refractivity contribution in [1.82, 2.24) is 9.97 Å². The minimum Gasteiger partial charge on any atom is -0.422 e. The number of hydrogen-bond acceptors (Lipinski definition) is 3. The lowest BCUT2D eigenvalue weighted by atomic mass is 10.2. The van der Waals surface area contributed by atoms with Gasteiger partial charge in [-0.1, -0.05) is 36.4 Å². The number of aromatic nitrogens is 2. The molecule has 0 fully saturated rings. The number of hydrogen-bond donors (Lipinski definition) is 2. The molecule has 0 saturated heterocycles. The Balaban J connectivity index is 1.64. The van der Waals surface area contributed by atoms with Crippen LogP contribution in [0.3, 0.4) is 0 Å². The van der Waals surface area contributed by atoms with Gasteiger partial charge in [-0.15, -0.1) is 0 Å². The van der Waals surface area contributed by atoms with Gasteiger partial charge in [0, 0.05) is 16.6 Å². The monoisotopic (exact) mass is 275 g/mol. The van der Waals surface area contributed by atoms with Gasteiger partial charge in [-0.2, -0.15) is 0 Å². The summed E-state index contributed by atoms with van der Waals surface area (Å²) < 4.78 is 5.75. The number of nitrogens with zero attached hydrogens (tertiary/aromatic N) is 1. The maximum absolute atomic E-state index is 5.75. The summed E-state index contributed by atoms with van der Waals surface area (Å²) in [5.74, 6) is 0.713. The maximum Gasteiger partial charge on any atom is 0.299 e. The van der Waals surface area contributed by atoms with Crippen LogP contribution in [-0.2, 0) is 0 Å². The van der Waals surface area contributed by atoms with E-state index in [9.17, 15) is 0 Å². The number of benzene rings is 2. The molecule has 0 aliphatic heterocycles. The summed E-state index contributed by atoms with van der Waals surface area (Å²) in [6, 6.07) is 20.5. The van der Waals surface area contributed by atoms with Crippen molar-refractivity contribution in [3.05, 3.63) is 66.9 Å². The zero-order valence-corrected chi connectivity index (χ0v) is 11.2. The number of H-pyrrole nitrogens is 1. The molecule has 4 rings (SSSR count). The molecule has 4 aromatic rings. The Morgan fingerprint density at radius 3 is 2.62 bits per heavy atom. The minimum absolute atomic E-state index is 0.481. The van der Waals surface area contributed by atoms with Gasteiger partial charge < -0.3 is 14.7 Å². The molecule has 2 heterocycles. The highest BCUT2D eigenvalue weighted by molar-refractivity contribution is 5.84. The molecule has 0 saturated carbocycles. The molecule has 0 amide bonds. The molecule has 0 spiro atoms. The number of nitrogens with one attached hydrogen (secondary N) is 2. The third-order valence-electron chi connectivity index (χ3n) is 3.33. The Labute approximate surface area is 121 Å². The fraction of sp³-hybridized carbons (Fsp3) is 0. The number of fused-ring (bicyclic) bond motifs is 1. The van der Waals surface area contributed by atoms with Gasteiger partial charge in [-0.05, 0) is 24.3 Å². The predicted octanol–water partition coefficient (Wildman–Crippen LogP) is 4.57. The molecule has 4 heteroatoms. The molecule has 102 valence electrons. The summed E-state index contributed by atoms with van der Waals surface area (Å²) in [7, 11) is 0. The lowest BCUT2D eigenvalue weighted by molar-refractivity contribution is 0.590. The van der Waals surface area contributed by atoms with Crippen molar-refractivity contribution in [3.63, 3.8) is 0 Å². The van der Waals surface area contributed by atoms with Crippen molar-refractivity contribution in [2.24, 2.45) is 0 Å². The molecule has 0 radical (unpaired) electrons. The van der Waals surface area contributed by atoms with Gasteiger partial charge in [-0.3, -0.25) is 0 Å². The lowest BCUT2D eigenvalue weighted by Crippen LogP contribution is -1.88. The van der Waals surface area contributed by atoms with Crippen molar-refractivity contribution < 1.29 is 4.42 Å². The summed E-state index contributed by atoms with van der Waals surface area (Å²) in [4.78, 5) is 7.59. The van der Waals surface area contributed by atoms with Crippen LogP contribution in [-0.4, -0.2) is 9.97 Å². The highest BCUT2D eigenvalue weighted by Gasteiger charge is 2.09. The van der Waals surface area contributed by atoms with Crippen LogP contribution < -0.4 is 5.32 Å². The van der Waals surface area contributed by atoms with Crippen molar-refractivity contribution in [2.45, 2.75) is 0 Å². The first-order valence-corrected chi connectivity index (χ1v) is 6.74. The second-order valence-electron chi connectivity index (χ2n) is 4.79. The second kappa shape index (κ2) is 4.83. The molecule has 2 N–H and O–H groups in total. The molecule has 0 aliphatic rings. The summed E-state index contributed by atoms with van der Waals surface area (Å²) in [6.45, 7) is 0. The Hall–Kier alpha value is -3.01. The number of aromatic amines is 1. The SMILES string of the molecule is c1ccc(Nc2ncc(-c3cc4ccccc4[nH]3)o2)cc1. The molecule has 4 nitrogen and oxygen atoms in total. The minimum atomic E-state index is 0.481. The second-order valence-corrected chi connectivity index (χ2v) is 4.79. The number of para-hydroxylation sites is 2. The maximum atomic E-state index is 5.75. The lowest BCUT2D eigenvalue weighted by Gasteiger charge is -1.99.